The van der Waals surface area contributed by atoms with Gasteiger partial charge in [0.25, 0.3) is 0 Å². The second-order valence-electron chi connectivity index (χ2n) is 4.87. The van der Waals surface area contributed by atoms with Crippen LogP contribution in [0, 0.1) is 0 Å². The molecule has 0 saturated heterocycles. The number of fused-ring (bicyclic) bond motifs is 1. The number of nitrogens with one attached hydrogen (secondary N) is 1. The van der Waals surface area contributed by atoms with E-state index in [2.05, 4.69) is 5.32 Å². The van der Waals surface area contributed by atoms with Crippen LogP contribution in [0.5, 0.6) is 0 Å². The normalized spacial score (nSPS) is 12.2. The van der Waals surface area contributed by atoms with Crippen LogP contribution in [0.2, 0.25) is 0 Å². The van der Waals surface area contributed by atoms with Crippen molar-refractivity contribution in [3.8, 4) is 0 Å². The largest absolute Gasteiger partial charge is 0.459 e. The standard InChI is InChI=1S/C17H16N2O2/c18-16(15-10-13-8-4-5-9-14(13)21-15)17(20)19-11-12-6-2-1-3-7-12/h1-10,16H,11,18H2,(H,19,20). The maximum absolute atomic E-state index is 12.1. The van der Waals surface area contributed by atoms with Crippen molar-refractivity contribution in [3.63, 3.8) is 0 Å². The highest BCUT2D eigenvalue weighted by Crippen LogP contribution is 2.22. The van der Waals surface area contributed by atoms with E-state index in [9.17, 15) is 4.79 Å². The Labute approximate surface area is 122 Å². The minimum Gasteiger partial charge on any atom is -0.459 e. The maximum atomic E-state index is 12.1. The summed E-state index contributed by atoms with van der Waals surface area (Å²) in [6, 6.07) is 18.3. The third-order valence-corrected chi connectivity index (χ3v) is 3.34. The van der Waals surface area contributed by atoms with Crippen molar-refractivity contribution in [1.82, 2.24) is 5.32 Å². The Hall–Kier alpha value is -2.59. The molecule has 21 heavy (non-hydrogen) atoms. The molecule has 4 heteroatoms. The average Bonchev–Trinajstić information content (AvgIpc) is 2.97. The van der Waals surface area contributed by atoms with E-state index >= 15 is 0 Å². The summed E-state index contributed by atoms with van der Waals surface area (Å²) in [4.78, 5) is 12.1. The number of amides is 1. The van der Waals surface area contributed by atoms with Gasteiger partial charge in [0.2, 0.25) is 5.91 Å². The van der Waals surface area contributed by atoms with E-state index in [1.54, 1.807) is 0 Å². The van der Waals surface area contributed by atoms with Crippen LogP contribution in [0.25, 0.3) is 11.0 Å². The molecule has 3 aromatic rings. The van der Waals surface area contributed by atoms with Gasteiger partial charge >= 0.3 is 0 Å². The van der Waals surface area contributed by atoms with Crippen LogP contribution < -0.4 is 11.1 Å². The van der Waals surface area contributed by atoms with E-state index in [-0.39, 0.29) is 5.91 Å². The van der Waals surface area contributed by atoms with Crippen molar-refractivity contribution in [3.05, 3.63) is 72.0 Å². The number of carbonyl (C=O) groups is 1. The number of furan rings is 1. The van der Waals surface area contributed by atoms with E-state index in [1.807, 2.05) is 60.7 Å². The molecular weight excluding hydrogens is 264 g/mol. The molecule has 1 unspecified atom stereocenters. The first-order chi connectivity index (χ1) is 10.2. The zero-order chi connectivity index (χ0) is 14.7. The summed E-state index contributed by atoms with van der Waals surface area (Å²) in [6.07, 6.45) is 0. The summed E-state index contributed by atoms with van der Waals surface area (Å²) in [7, 11) is 0. The van der Waals surface area contributed by atoms with Crippen LogP contribution in [0.15, 0.2) is 65.1 Å². The van der Waals surface area contributed by atoms with Gasteiger partial charge in [-0.05, 0) is 17.7 Å². The summed E-state index contributed by atoms with van der Waals surface area (Å²) in [5.74, 6) is 0.222. The lowest BCUT2D eigenvalue weighted by Crippen LogP contribution is -2.33. The smallest absolute Gasteiger partial charge is 0.245 e. The van der Waals surface area contributed by atoms with Gasteiger partial charge < -0.3 is 15.5 Å². The molecule has 2 aromatic carbocycles. The van der Waals surface area contributed by atoms with Crippen LogP contribution in [0.3, 0.4) is 0 Å². The van der Waals surface area contributed by atoms with Crippen LogP contribution in [-0.4, -0.2) is 5.91 Å². The van der Waals surface area contributed by atoms with Gasteiger partial charge in [-0.3, -0.25) is 4.79 Å². The van der Waals surface area contributed by atoms with Crippen molar-refractivity contribution >= 4 is 16.9 Å². The fourth-order valence-electron chi connectivity index (χ4n) is 2.18. The zero-order valence-corrected chi connectivity index (χ0v) is 11.5. The van der Waals surface area contributed by atoms with Crippen molar-refractivity contribution in [2.75, 3.05) is 0 Å². The molecule has 0 aliphatic carbocycles. The molecule has 0 fully saturated rings. The Bertz CT molecular complexity index is 717. The lowest BCUT2D eigenvalue weighted by atomic mass is 10.2. The Morgan fingerprint density at radius 1 is 1.10 bits per heavy atom. The van der Waals surface area contributed by atoms with Crippen LogP contribution in [0.4, 0.5) is 0 Å². The summed E-state index contributed by atoms with van der Waals surface area (Å²) < 4.78 is 5.62. The van der Waals surface area contributed by atoms with Crippen LogP contribution in [-0.2, 0) is 11.3 Å². The summed E-state index contributed by atoms with van der Waals surface area (Å²) >= 11 is 0. The lowest BCUT2D eigenvalue weighted by Gasteiger charge is -2.09. The van der Waals surface area contributed by atoms with E-state index in [0.717, 1.165) is 16.5 Å². The first-order valence-corrected chi connectivity index (χ1v) is 6.80. The van der Waals surface area contributed by atoms with E-state index in [1.165, 1.54) is 0 Å². The second kappa shape index (κ2) is 5.81. The molecule has 0 spiro atoms. The quantitative estimate of drug-likeness (QED) is 0.772. The van der Waals surface area contributed by atoms with Gasteiger partial charge in [-0.25, -0.2) is 0 Å². The molecule has 1 aromatic heterocycles. The molecule has 106 valence electrons. The lowest BCUT2D eigenvalue weighted by molar-refractivity contribution is -0.122. The molecule has 1 heterocycles. The van der Waals surface area contributed by atoms with Gasteiger partial charge in [-0.1, -0.05) is 48.5 Å². The van der Waals surface area contributed by atoms with Gasteiger partial charge in [0.05, 0.1) is 0 Å². The van der Waals surface area contributed by atoms with Crippen molar-refractivity contribution < 1.29 is 9.21 Å². The Kier molecular flexibility index (Phi) is 3.71. The number of benzene rings is 2. The van der Waals surface area contributed by atoms with Crippen LogP contribution >= 0.6 is 0 Å². The van der Waals surface area contributed by atoms with E-state index in [4.69, 9.17) is 10.2 Å². The minimum atomic E-state index is -0.805. The van der Waals surface area contributed by atoms with E-state index in [0.29, 0.717) is 12.3 Å². The Morgan fingerprint density at radius 3 is 2.57 bits per heavy atom. The summed E-state index contributed by atoms with van der Waals surface area (Å²) in [6.45, 7) is 0.452. The van der Waals surface area contributed by atoms with E-state index < -0.39 is 6.04 Å². The zero-order valence-electron chi connectivity index (χ0n) is 11.5. The molecule has 0 aliphatic rings. The first-order valence-electron chi connectivity index (χ1n) is 6.80. The molecule has 1 atom stereocenters. The number of carbonyl (C=O) groups excluding carboxylic acids is 1. The molecule has 3 N–H and O–H groups in total. The molecule has 0 aliphatic heterocycles. The third-order valence-electron chi connectivity index (χ3n) is 3.34. The maximum Gasteiger partial charge on any atom is 0.245 e. The number of para-hydroxylation sites is 1. The summed E-state index contributed by atoms with van der Waals surface area (Å²) in [5, 5.41) is 3.76. The topological polar surface area (TPSA) is 68.3 Å². The fourth-order valence-corrected chi connectivity index (χ4v) is 2.18. The number of hydrogen-bond donors (Lipinski definition) is 2. The van der Waals surface area contributed by atoms with Gasteiger partial charge in [0.1, 0.15) is 17.4 Å². The third kappa shape index (κ3) is 2.95. The van der Waals surface area contributed by atoms with Gasteiger partial charge in [0.15, 0.2) is 0 Å². The summed E-state index contributed by atoms with van der Waals surface area (Å²) in [5.41, 5.74) is 7.73. The molecule has 0 bridgehead atoms. The monoisotopic (exact) mass is 280 g/mol. The first kappa shape index (κ1) is 13.4. The molecule has 0 saturated carbocycles. The minimum absolute atomic E-state index is 0.252. The molecular formula is C17H16N2O2. The number of nitrogens with two attached hydrogens (primary N) is 1. The average molecular weight is 280 g/mol. The Balaban J connectivity index is 1.69. The second-order valence-corrected chi connectivity index (χ2v) is 4.87. The highest BCUT2D eigenvalue weighted by Gasteiger charge is 2.19. The molecule has 0 radical (unpaired) electrons. The molecule has 3 rings (SSSR count). The van der Waals surface area contributed by atoms with Gasteiger partial charge in [0, 0.05) is 11.9 Å². The van der Waals surface area contributed by atoms with Crippen molar-refractivity contribution in [1.29, 1.82) is 0 Å². The predicted molar refractivity (Wildman–Crippen MR) is 81.4 cm³/mol. The molecule has 4 nitrogen and oxygen atoms in total. The highest BCUT2D eigenvalue weighted by atomic mass is 16.3. The SMILES string of the molecule is NC(C(=O)NCc1ccccc1)c1cc2ccccc2o1. The van der Waals surface area contributed by atoms with Gasteiger partial charge in [-0.2, -0.15) is 0 Å². The number of hydrogen-bond acceptors (Lipinski definition) is 3. The fraction of sp³-hybridized carbons (Fsp3) is 0.118. The van der Waals surface area contributed by atoms with Crippen molar-refractivity contribution in [2.45, 2.75) is 12.6 Å². The van der Waals surface area contributed by atoms with Crippen molar-refractivity contribution in [2.24, 2.45) is 5.73 Å². The highest BCUT2D eigenvalue weighted by molar-refractivity contribution is 5.85. The Morgan fingerprint density at radius 2 is 1.81 bits per heavy atom. The van der Waals surface area contributed by atoms with Gasteiger partial charge in [-0.15, -0.1) is 0 Å². The number of rotatable bonds is 4. The van der Waals surface area contributed by atoms with Crippen LogP contribution in [0.1, 0.15) is 17.4 Å². The molecule has 1 amide bonds. The predicted octanol–water partition coefficient (Wildman–Crippen LogP) is 2.75.